The van der Waals surface area contributed by atoms with E-state index in [0.717, 1.165) is 58.4 Å². The van der Waals surface area contributed by atoms with Crippen LogP contribution in [-0.2, 0) is 9.59 Å². The summed E-state index contributed by atoms with van der Waals surface area (Å²) in [5, 5.41) is 6.02. The van der Waals surface area contributed by atoms with Gasteiger partial charge in [-0.15, -0.1) is 0 Å². The van der Waals surface area contributed by atoms with Crippen molar-refractivity contribution in [2.45, 2.75) is 64.5 Å². The van der Waals surface area contributed by atoms with Crippen molar-refractivity contribution in [3.05, 3.63) is 0 Å². The summed E-state index contributed by atoms with van der Waals surface area (Å²) in [6, 6.07) is -0.332. The van der Waals surface area contributed by atoms with Crippen LogP contribution in [0.25, 0.3) is 0 Å². The minimum Gasteiger partial charge on any atom is -0.352 e. The zero-order valence-corrected chi connectivity index (χ0v) is 16.2. The monoisotopic (exact) mass is 352 g/mol. The van der Waals surface area contributed by atoms with E-state index in [9.17, 15) is 9.59 Å². The summed E-state index contributed by atoms with van der Waals surface area (Å²) in [6.45, 7) is 8.97. The van der Waals surface area contributed by atoms with Gasteiger partial charge >= 0.3 is 0 Å². The van der Waals surface area contributed by atoms with E-state index in [2.05, 4.69) is 27.5 Å². The molecule has 2 fully saturated rings. The van der Waals surface area contributed by atoms with Gasteiger partial charge in [-0.1, -0.05) is 19.3 Å². The van der Waals surface area contributed by atoms with E-state index in [1.54, 1.807) is 0 Å². The zero-order valence-electron chi connectivity index (χ0n) is 16.2. The molecule has 1 saturated carbocycles. The molecule has 1 aliphatic carbocycles. The number of rotatable bonds is 7. The van der Waals surface area contributed by atoms with Crippen molar-refractivity contribution in [3.8, 4) is 0 Å². The zero-order chi connectivity index (χ0) is 18.2. The van der Waals surface area contributed by atoms with E-state index in [4.69, 9.17) is 0 Å². The third kappa shape index (κ3) is 6.94. The molecule has 1 heterocycles. The summed E-state index contributed by atoms with van der Waals surface area (Å²) in [5.41, 5.74) is 0. The Morgan fingerprint density at radius 3 is 2.24 bits per heavy atom. The lowest BCUT2D eigenvalue weighted by Gasteiger charge is -2.33. The van der Waals surface area contributed by atoms with Crippen LogP contribution in [0.15, 0.2) is 0 Å². The van der Waals surface area contributed by atoms with E-state index in [1.165, 1.54) is 6.42 Å². The Hall–Kier alpha value is -1.14. The molecule has 1 atom stereocenters. The first-order valence-corrected chi connectivity index (χ1v) is 9.97. The summed E-state index contributed by atoms with van der Waals surface area (Å²) in [5.74, 6) is 0.113. The second kappa shape index (κ2) is 10.1. The van der Waals surface area contributed by atoms with Crippen LogP contribution >= 0.6 is 0 Å². The molecule has 0 aromatic rings. The number of hydrogen-bond acceptors (Lipinski definition) is 4. The Morgan fingerprint density at radius 1 is 1.00 bits per heavy atom. The summed E-state index contributed by atoms with van der Waals surface area (Å²) in [6.07, 6.45) is 6.08. The smallest absolute Gasteiger partial charge is 0.242 e. The van der Waals surface area contributed by atoms with Crippen molar-refractivity contribution in [1.29, 1.82) is 0 Å². The molecule has 1 aliphatic heterocycles. The maximum atomic E-state index is 12.6. The van der Waals surface area contributed by atoms with Gasteiger partial charge in [0.2, 0.25) is 11.8 Å². The van der Waals surface area contributed by atoms with Crippen LogP contribution in [0.5, 0.6) is 0 Å². The number of nitrogens with zero attached hydrogens (tertiary/aromatic N) is 2. The minimum absolute atomic E-state index is 0.0479. The van der Waals surface area contributed by atoms with E-state index >= 15 is 0 Å². The number of likely N-dealkylation sites (N-methyl/N-ethyl adjacent to an activating group) is 1. The maximum absolute atomic E-state index is 12.6. The lowest BCUT2D eigenvalue weighted by Crippen LogP contribution is -2.52. The quantitative estimate of drug-likeness (QED) is 0.723. The van der Waals surface area contributed by atoms with Gasteiger partial charge in [-0.2, -0.15) is 0 Å². The third-order valence-corrected chi connectivity index (χ3v) is 5.37. The number of carbonyl (C=O) groups excluding carboxylic acids is 2. The van der Waals surface area contributed by atoms with E-state index in [0.29, 0.717) is 6.42 Å². The number of piperazine rings is 1. The molecule has 2 N–H and O–H groups in total. The van der Waals surface area contributed by atoms with Gasteiger partial charge in [-0.3, -0.25) is 9.59 Å². The highest BCUT2D eigenvalue weighted by atomic mass is 16.2. The summed E-state index contributed by atoms with van der Waals surface area (Å²) >= 11 is 0. The Bertz CT molecular complexity index is 427. The Balaban J connectivity index is 1.87. The van der Waals surface area contributed by atoms with Crippen molar-refractivity contribution < 1.29 is 9.59 Å². The van der Waals surface area contributed by atoms with Gasteiger partial charge in [-0.25, -0.2) is 0 Å². The average Bonchev–Trinajstić information content (AvgIpc) is 2.60. The van der Waals surface area contributed by atoms with Crippen molar-refractivity contribution in [2.24, 2.45) is 5.92 Å². The van der Waals surface area contributed by atoms with E-state index < -0.39 is 6.04 Å². The molecule has 6 heteroatoms. The maximum Gasteiger partial charge on any atom is 0.242 e. The molecular formula is C19H36N4O2. The number of nitrogens with one attached hydrogen (secondary N) is 2. The normalized spacial score (nSPS) is 21.9. The molecule has 0 aromatic heterocycles. The molecule has 6 nitrogen and oxygen atoms in total. The highest BCUT2D eigenvalue weighted by Crippen LogP contribution is 2.23. The van der Waals surface area contributed by atoms with E-state index in [-0.39, 0.29) is 23.8 Å². The number of carbonyl (C=O) groups is 2. The molecule has 0 bridgehead atoms. The van der Waals surface area contributed by atoms with Gasteiger partial charge in [-0.05, 0) is 40.2 Å². The summed E-state index contributed by atoms with van der Waals surface area (Å²) < 4.78 is 0. The third-order valence-electron chi connectivity index (χ3n) is 5.37. The van der Waals surface area contributed by atoms with Crippen LogP contribution in [0.1, 0.15) is 52.4 Å². The van der Waals surface area contributed by atoms with Gasteiger partial charge in [0.15, 0.2) is 0 Å². The predicted octanol–water partition coefficient (Wildman–Crippen LogP) is 1.21. The molecule has 0 aromatic carbocycles. The van der Waals surface area contributed by atoms with Gasteiger partial charge in [0.05, 0.1) is 0 Å². The molecule has 0 spiro atoms. The van der Waals surface area contributed by atoms with Crippen LogP contribution in [0.4, 0.5) is 0 Å². The minimum atomic E-state index is -0.420. The first kappa shape index (κ1) is 20.2. The largest absolute Gasteiger partial charge is 0.352 e. The average molecular weight is 353 g/mol. The fourth-order valence-corrected chi connectivity index (χ4v) is 3.69. The molecule has 25 heavy (non-hydrogen) atoms. The Labute approximate surface area is 152 Å². The highest BCUT2D eigenvalue weighted by molar-refractivity contribution is 5.88. The highest BCUT2D eigenvalue weighted by Gasteiger charge is 2.27. The van der Waals surface area contributed by atoms with Crippen molar-refractivity contribution in [3.63, 3.8) is 0 Å². The van der Waals surface area contributed by atoms with E-state index in [1.807, 2.05) is 13.8 Å². The number of amides is 2. The molecule has 2 amide bonds. The molecule has 1 unspecified atom stereocenters. The van der Waals surface area contributed by atoms with Gasteiger partial charge in [0.25, 0.3) is 0 Å². The molecule has 2 aliphatic rings. The topological polar surface area (TPSA) is 64.7 Å². The SMILES string of the molecule is CC(C)NC(=O)C(CCN1CCN(C)CC1)NC(=O)C1CCCCC1. The molecule has 0 radical (unpaired) electrons. The number of hydrogen-bond donors (Lipinski definition) is 2. The molecule has 144 valence electrons. The first-order chi connectivity index (χ1) is 12.0. The lowest BCUT2D eigenvalue weighted by atomic mass is 9.88. The van der Waals surface area contributed by atoms with Crippen molar-refractivity contribution in [1.82, 2.24) is 20.4 Å². The molecular weight excluding hydrogens is 316 g/mol. The Kier molecular flexibility index (Phi) is 8.16. The fraction of sp³-hybridized carbons (Fsp3) is 0.895. The Morgan fingerprint density at radius 2 is 1.64 bits per heavy atom. The fourth-order valence-electron chi connectivity index (χ4n) is 3.69. The second-order valence-electron chi connectivity index (χ2n) is 7.99. The predicted molar refractivity (Wildman–Crippen MR) is 100 cm³/mol. The van der Waals surface area contributed by atoms with Gasteiger partial charge in [0, 0.05) is 44.7 Å². The standard InChI is InChI=1S/C19H36N4O2/c1-15(2)20-19(25)17(9-10-23-13-11-22(3)12-14-23)21-18(24)16-7-5-4-6-8-16/h15-17H,4-14H2,1-3H3,(H,20,25)(H,21,24). The van der Waals surface area contributed by atoms with Crippen LogP contribution < -0.4 is 10.6 Å². The first-order valence-electron chi connectivity index (χ1n) is 9.97. The summed E-state index contributed by atoms with van der Waals surface area (Å²) in [4.78, 5) is 29.8. The molecule has 1 saturated heterocycles. The summed E-state index contributed by atoms with van der Waals surface area (Å²) in [7, 11) is 2.14. The van der Waals surface area contributed by atoms with Crippen LogP contribution in [-0.4, -0.2) is 73.5 Å². The van der Waals surface area contributed by atoms with Crippen LogP contribution in [0.2, 0.25) is 0 Å². The van der Waals surface area contributed by atoms with Crippen molar-refractivity contribution in [2.75, 3.05) is 39.8 Å². The molecule has 2 rings (SSSR count). The van der Waals surface area contributed by atoms with Crippen LogP contribution in [0, 0.1) is 5.92 Å². The second-order valence-corrected chi connectivity index (χ2v) is 7.99. The van der Waals surface area contributed by atoms with Gasteiger partial charge in [0.1, 0.15) is 6.04 Å². The lowest BCUT2D eigenvalue weighted by molar-refractivity contribution is -0.132. The van der Waals surface area contributed by atoms with Gasteiger partial charge < -0.3 is 20.4 Å². The van der Waals surface area contributed by atoms with Crippen LogP contribution in [0.3, 0.4) is 0 Å². The van der Waals surface area contributed by atoms with Crippen molar-refractivity contribution >= 4 is 11.8 Å².